The molecule has 0 bridgehead atoms. The molecule has 0 saturated carbocycles. The Labute approximate surface area is 158 Å². The van der Waals surface area contributed by atoms with Crippen molar-refractivity contribution in [2.45, 2.75) is 13.3 Å². The number of anilines is 2. The first-order valence-electron chi connectivity index (χ1n) is 8.07. The lowest BCUT2D eigenvalue weighted by molar-refractivity contribution is 0.625. The Morgan fingerprint density at radius 3 is 2.65 bits per heavy atom. The highest BCUT2D eigenvalue weighted by Crippen LogP contribution is 2.20. The first-order valence-corrected chi connectivity index (χ1v) is 8.86. The number of nitrogens with one attached hydrogen (secondary N) is 1. The van der Waals surface area contributed by atoms with Gasteiger partial charge in [-0.25, -0.2) is 9.37 Å². The van der Waals surface area contributed by atoms with Gasteiger partial charge < -0.3 is 5.32 Å². The number of fused-ring (bicyclic) bond motifs is 1. The van der Waals surface area contributed by atoms with Crippen LogP contribution in [0.25, 0.3) is 5.78 Å². The molecule has 0 amide bonds. The van der Waals surface area contributed by atoms with E-state index in [4.69, 9.17) is 0 Å². The molecular formula is C19H15BrFN5. The van der Waals surface area contributed by atoms with Gasteiger partial charge in [-0.05, 0) is 48.9 Å². The molecule has 0 aliphatic heterocycles. The molecule has 0 radical (unpaired) electrons. The first-order chi connectivity index (χ1) is 12.6. The topological polar surface area (TPSA) is 55.1 Å². The van der Waals surface area contributed by atoms with E-state index in [0.717, 1.165) is 27.2 Å². The molecule has 5 nitrogen and oxygen atoms in total. The lowest BCUT2D eigenvalue weighted by atomic mass is 10.1. The highest BCUT2D eigenvalue weighted by atomic mass is 79.9. The summed E-state index contributed by atoms with van der Waals surface area (Å²) >= 11 is 3.43. The van der Waals surface area contributed by atoms with E-state index in [9.17, 15) is 4.39 Å². The van der Waals surface area contributed by atoms with Crippen molar-refractivity contribution in [3.05, 3.63) is 82.0 Å². The Bertz CT molecular complexity index is 1080. The highest BCUT2D eigenvalue weighted by molar-refractivity contribution is 9.10. The quantitative estimate of drug-likeness (QED) is 0.530. The second-order valence-electron chi connectivity index (χ2n) is 5.96. The number of aromatic nitrogens is 4. The Kier molecular flexibility index (Phi) is 4.38. The van der Waals surface area contributed by atoms with Crippen LogP contribution in [0, 0.1) is 12.7 Å². The van der Waals surface area contributed by atoms with Gasteiger partial charge in [-0.2, -0.15) is 9.50 Å². The summed E-state index contributed by atoms with van der Waals surface area (Å²) in [5, 5.41) is 7.88. The van der Waals surface area contributed by atoms with E-state index in [2.05, 4.69) is 36.3 Å². The molecule has 0 unspecified atom stereocenters. The minimum atomic E-state index is -0.266. The van der Waals surface area contributed by atoms with Gasteiger partial charge in [0.1, 0.15) is 11.6 Å². The SMILES string of the molecule is Cc1cc(Nc2ccc(Br)cc2)n2nc(Cc3cccc(F)c3)nc2n1. The lowest BCUT2D eigenvalue weighted by Crippen LogP contribution is -2.02. The molecule has 1 N–H and O–H groups in total. The van der Waals surface area contributed by atoms with Gasteiger partial charge in [0, 0.05) is 28.3 Å². The summed E-state index contributed by atoms with van der Waals surface area (Å²) in [6.07, 6.45) is 0.442. The smallest absolute Gasteiger partial charge is 0.254 e. The Morgan fingerprint density at radius 2 is 1.88 bits per heavy atom. The zero-order valence-electron chi connectivity index (χ0n) is 13.9. The zero-order valence-corrected chi connectivity index (χ0v) is 15.5. The summed E-state index contributed by atoms with van der Waals surface area (Å²) in [4.78, 5) is 8.93. The minimum Gasteiger partial charge on any atom is -0.340 e. The van der Waals surface area contributed by atoms with Crippen molar-refractivity contribution < 1.29 is 4.39 Å². The number of rotatable bonds is 4. The molecule has 0 aliphatic carbocycles. The molecule has 4 rings (SSSR count). The summed E-state index contributed by atoms with van der Waals surface area (Å²) in [7, 11) is 0. The average molecular weight is 412 g/mol. The fourth-order valence-corrected chi connectivity index (χ4v) is 2.97. The van der Waals surface area contributed by atoms with Crippen LogP contribution < -0.4 is 5.32 Å². The standard InChI is InChI=1S/C19H15BrFN5/c1-12-9-18(23-16-7-5-14(20)6-8-16)26-19(22-12)24-17(25-26)11-13-3-2-4-15(21)10-13/h2-10,23H,11H2,1H3. The zero-order chi connectivity index (χ0) is 18.1. The van der Waals surface area contributed by atoms with E-state index in [-0.39, 0.29) is 5.82 Å². The summed E-state index contributed by atoms with van der Waals surface area (Å²) in [6.45, 7) is 1.91. The third kappa shape index (κ3) is 3.57. The first kappa shape index (κ1) is 16.7. The van der Waals surface area contributed by atoms with Crippen molar-refractivity contribution >= 4 is 33.2 Å². The Balaban J connectivity index is 1.69. The maximum absolute atomic E-state index is 13.4. The van der Waals surface area contributed by atoms with Crippen molar-refractivity contribution in [2.75, 3.05) is 5.32 Å². The third-order valence-electron chi connectivity index (χ3n) is 3.85. The van der Waals surface area contributed by atoms with Crippen LogP contribution in [-0.4, -0.2) is 19.6 Å². The van der Waals surface area contributed by atoms with Crippen LogP contribution in [0.4, 0.5) is 15.9 Å². The molecule has 4 aromatic rings. The van der Waals surface area contributed by atoms with Crippen molar-refractivity contribution in [1.82, 2.24) is 19.6 Å². The third-order valence-corrected chi connectivity index (χ3v) is 4.38. The molecular weight excluding hydrogens is 397 g/mol. The van der Waals surface area contributed by atoms with Crippen molar-refractivity contribution in [1.29, 1.82) is 0 Å². The predicted octanol–water partition coefficient (Wildman–Crippen LogP) is 4.67. The van der Waals surface area contributed by atoms with Crippen molar-refractivity contribution in [2.24, 2.45) is 0 Å². The number of hydrogen-bond acceptors (Lipinski definition) is 4. The summed E-state index contributed by atoms with van der Waals surface area (Å²) in [5.74, 6) is 1.61. The summed E-state index contributed by atoms with van der Waals surface area (Å²) in [5.41, 5.74) is 2.59. The van der Waals surface area contributed by atoms with E-state index in [1.807, 2.05) is 43.3 Å². The van der Waals surface area contributed by atoms with Crippen LogP contribution in [-0.2, 0) is 6.42 Å². The van der Waals surface area contributed by atoms with Crippen molar-refractivity contribution in [3.63, 3.8) is 0 Å². The lowest BCUT2D eigenvalue weighted by Gasteiger charge is -2.08. The molecule has 0 atom stereocenters. The highest BCUT2D eigenvalue weighted by Gasteiger charge is 2.11. The number of aryl methyl sites for hydroxylation is 1. The van der Waals surface area contributed by atoms with Gasteiger partial charge in [0.25, 0.3) is 5.78 Å². The summed E-state index contributed by atoms with van der Waals surface area (Å²) in [6, 6.07) is 16.2. The van der Waals surface area contributed by atoms with E-state index >= 15 is 0 Å². The minimum absolute atomic E-state index is 0.266. The van der Waals surface area contributed by atoms with Gasteiger partial charge in [0.15, 0.2) is 5.82 Å². The van der Waals surface area contributed by atoms with Gasteiger partial charge >= 0.3 is 0 Å². The van der Waals surface area contributed by atoms with Crippen LogP contribution in [0.1, 0.15) is 17.1 Å². The number of halogens is 2. The Morgan fingerprint density at radius 1 is 1.08 bits per heavy atom. The molecule has 0 spiro atoms. The van der Waals surface area contributed by atoms with Gasteiger partial charge in [0.05, 0.1) is 0 Å². The van der Waals surface area contributed by atoms with Gasteiger partial charge in [-0.1, -0.05) is 28.1 Å². The molecule has 0 aliphatic rings. The molecule has 7 heteroatoms. The fraction of sp³-hybridized carbons (Fsp3) is 0.105. The van der Waals surface area contributed by atoms with E-state index in [0.29, 0.717) is 18.0 Å². The monoisotopic (exact) mass is 411 g/mol. The van der Waals surface area contributed by atoms with E-state index in [1.165, 1.54) is 12.1 Å². The second-order valence-corrected chi connectivity index (χ2v) is 6.88. The van der Waals surface area contributed by atoms with E-state index in [1.54, 1.807) is 10.6 Å². The molecule has 26 heavy (non-hydrogen) atoms. The Hall–Kier alpha value is -2.80. The van der Waals surface area contributed by atoms with Crippen LogP contribution >= 0.6 is 15.9 Å². The maximum Gasteiger partial charge on any atom is 0.254 e. The molecule has 130 valence electrons. The fourth-order valence-electron chi connectivity index (χ4n) is 2.70. The number of nitrogens with zero attached hydrogens (tertiary/aromatic N) is 4. The largest absolute Gasteiger partial charge is 0.340 e. The van der Waals surface area contributed by atoms with Gasteiger partial charge in [-0.3, -0.25) is 0 Å². The van der Waals surface area contributed by atoms with Crippen LogP contribution in [0.3, 0.4) is 0 Å². The average Bonchev–Trinajstić information content (AvgIpc) is 2.99. The second kappa shape index (κ2) is 6.84. The number of hydrogen-bond donors (Lipinski definition) is 1. The van der Waals surface area contributed by atoms with Crippen LogP contribution in [0.15, 0.2) is 59.1 Å². The van der Waals surface area contributed by atoms with E-state index < -0.39 is 0 Å². The van der Waals surface area contributed by atoms with Crippen molar-refractivity contribution in [3.8, 4) is 0 Å². The van der Waals surface area contributed by atoms with Gasteiger partial charge in [-0.15, -0.1) is 5.10 Å². The summed E-state index contributed by atoms with van der Waals surface area (Å²) < 4.78 is 16.1. The van der Waals surface area contributed by atoms with Crippen LogP contribution in [0.5, 0.6) is 0 Å². The normalized spacial score (nSPS) is 11.0. The molecule has 2 aromatic heterocycles. The van der Waals surface area contributed by atoms with Gasteiger partial charge in [0.2, 0.25) is 0 Å². The predicted molar refractivity (Wildman–Crippen MR) is 102 cm³/mol. The molecule has 0 fully saturated rings. The van der Waals surface area contributed by atoms with Crippen LogP contribution in [0.2, 0.25) is 0 Å². The molecule has 0 saturated heterocycles. The molecule has 2 aromatic carbocycles. The molecule has 2 heterocycles. The maximum atomic E-state index is 13.4. The number of benzene rings is 2.